The molecule has 0 aliphatic carbocycles. The van der Waals surface area contributed by atoms with Gasteiger partial charge in [-0.05, 0) is 43.5 Å². The zero-order valence-corrected chi connectivity index (χ0v) is 9.98. The zero-order valence-electron chi connectivity index (χ0n) is 9.22. The van der Waals surface area contributed by atoms with E-state index in [1.54, 1.807) is 13.0 Å². The molecule has 4 heteroatoms. The van der Waals surface area contributed by atoms with Crippen molar-refractivity contribution in [2.45, 2.75) is 19.8 Å². The molecule has 0 saturated carbocycles. The molecule has 1 N–H and O–H groups in total. The number of alkyl halides is 1. The maximum atomic E-state index is 13.0. The Hall–Kier alpha value is -1.09. The van der Waals surface area contributed by atoms with E-state index in [4.69, 9.17) is 11.6 Å². The lowest BCUT2D eigenvalue weighted by atomic mass is 10.1. The third kappa shape index (κ3) is 3.81. The van der Waals surface area contributed by atoms with E-state index in [9.17, 15) is 9.18 Å². The molecular formula is C12H15ClFNO. The number of halogens is 2. The highest BCUT2D eigenvalue weighted by Gasteiger charge is 2.06. The lowest BCUT2D eigenvalue weighted by Gasteiger charge is -2.05. The minimum atomic E-state index is -0.293. The summed E-state index contributed by atoms with van der Waals surface area (Å²) in [6.45, 7) is 2.24. The summed E-state index contributed by atoms with van der Waals surface area (Å²) in [6.07, 6.45) is 1.74. The molecule has 16 heavy (non-hydrogen) atoms. The molecule has 1 aromatic carbocycles. The lowest BCUT2D eigenvalue weighted by molar-refractivity contribution is 0.0953. The Morgan fingerprint density at radius 2 is 2.19 bits per heavy atom. The van der Waals surface area contributed by atoms with Gasteiger partial charge in [0.1, 0.15) is 5.82 Å². The fourth-order valence-electron chi connectivity index (χ4n) is 1.31. The number of carbonyl (C=O) groups is 1. The van der Waals surface area contributed by atoms with Crippen molar-refractivity contribution in [3.05, 3.63) is 35.1 Å². The van der Waals surface area contributed by atoms with E-state index in [0.717, 1.165) is 12.8 Å². The summed E-state index contributed by atoms with van der Waals surface area (Å²) < 4.78 is 13.0. The first kappa shape index (κ1) is 13.0. The van der Waals surface area contributed by atoms with Gasteiger partial charge in [-0.15, -0.1) is 11.6 Å². The number of unbranched alkanes of at least 4 members (excludes halogenated alkanes) is 1. The average molecular weight is 244 g/mol. The summed E-state index contributed by atoms with van der Waals surface area (Å²) in [5, 5.41) is 2.76. The summed E-state index contributed by atoms with van der Waals surface area (Å²) in [4.78, 5) is 11.6. The minimum absolute atomic E-state index is 0.169. The molecule has 0 atom stereocenters. The Morgan fingerprint density at radius 3 is 2.81 bits per heavy atom. The predicted octanol–water partition coefficient (Wildman–Crippen LogP) is 2.88. The second-order valence-electron chi connectivity index (χ2n) is 3.62. The van der Waals surface area contributed by atoms with Gasteiger partial charge in [0, 0.05) is 18.0 Å². The van der Waals surface area contributed by atoms with Crippen LogP contribution in [0, 0.1) is 12.7 Å². The number of hydrogen-bond donors (Lipinski definition) is 1. The highest BCUT2D eigenvalue weighted by Crippen LogP contribution is 2.09. The van der Waals surface area contributed by atoms with E-state index in [1.807, 2.05) is 0 Å². The molecule has 0 fully saturated rings. The van der Waals surface area contributed by atoms with Crippen LogP contribution in [0.4, 0.5) is 4.39 Å². The third-order valence-corrected chi connectivity index (χ3v) is 2.53. The SMILES string of the molecule is Cc1cc(C(=O)NCCCCCl)ccc1F. The lowest BCUT2D eigenvalue weighted by Crippen LogP contribution is -2.24. The van der Waals surface area contributed by atoms with E-state index < -0.39 is 0 Å². The second kappa shape index (κ2) is 6.48. The summed E-state index contributed by atoms with van der Waals surface area (Å²) >= 11 is 5.52. The Labute approximate surface area is 99.8 Å². The van der Waals surface area contributed by atoms with Crippen LogP contribution >= 0.6 is 11.6 Å². The predicted molar refractivity (Wildman–Crippen MR) is 63.4 cm³/mol. The fraction of sp³-hybridized carbons (Fsp3) is 0.417. The summed E-state index contributed by atoms with van der Waals surface area (Å²) in [5.41, 5.74) is 0.971. The normalized spacial score (nSPS) is 10.2. The van der Waals surface area contributed by atoms with Crippen LogP contribution in [0.5, 0.6) is 0 Å². The van der Waals surface area contributed by atoms with Crippen molar-refractivity contribution >= 4 is 17.5 Å². The average Bonchev–Trinajstić information content (AvgIpc) is 2.28. The highest BCUT2D eigenvalue weighted by molar-refractivity contribution is 6.17. The molecule has 1 amide bonds. The van der Waals surface area contributed by atoms with Crippen LogP contribution in [0.3, 0.4) is 0 Å². The molecule has 1 rings (SSSR count). The fourth-order valence-corrected chi connectivity index (χ4v) is 1.50. The topological polar surface area (TPSA) is 29.1 Å². The second-order valence-corrected chi connectivity index (χ2v) is 3.99. The first-order valence-corrected chi connectivity index (χ1v) is 5.79. The molecule has 88 valence electrons. The van der Waals surface area contributed by atoms with Crippen LogP contribution in [-0.2, 0) is 0 Å². The standard InChI is InChI=1S/C12H15ClFNO/c1-9-8-10(4-5-11(9)14)12(16)15-7-3-2-6-13/h4-5,8H,2-3,6-7H2,1H3,(H,15,16). The Balaban J connectivity index is 2.50. The van der Waals surface area contributed by atoms with Crippen molar-refractivity contribution in [2.75, 3.05) is 12.4 Å². The molecule has 0 aliphatic heterocycles. The number of aryl methyl sites for hydroxylation is 1. The molecule has 0 unspecified atom stereocenters. The van der Waals surface area contributed by atoms with Crippen LogP contribution < -0.4 is 5.32 Å². The quantitative estimate of drug-likeness (QED) is 0.625. The molecule has 0 bridgehead atoms. The summed E-state index contributed by atoms with van der Waals surface area (Å²) in [5.74, 6) is 0.141. The van der Waals surface area contributed by atoms with Crippen LogP contribution in [-0.4, -0.2) is 18.3 Å². The van der Waals surface area contributed by atoms with Gasteiger partial charge in [0.25, 0.3) is 5.91 Å². The third-order valence-electron chi connectivity index (χ3n) is 2.27. The van der Waals surface area contributed by atoms with E-state index in [0.29, 0.717) is 23.6 Å². The van der Waals surface area contributed by atoms with Gasteiger partial charge in [-0.2, -0.15) is 0 Å². The summed E-state index contributed by atoms with van der Waals surface area (Å²) in [7, 11) is 0. The number of rotatable bonds is 5. The number of hydrogen-bond acceptors (Lipinski definition) is 1. The Bertz CT molecular complexity index is 368. The number of amides is 1. The Morgan fingerprint density at radius 1 is 1.44 bits per heavy atom. The van der Waals surface area contributed by atoms with E-state index in [1.165, 1.54) is 12.1 Å². The molecule has 0 spiro atoms. The van der Waals surface area contributed by atoms with Gasteiger partial charge in [0.05, 0.1) is 0 Å². The smallest absolute Gasteiger partial charge is 0.251 e. The minimum Gasteiger partial charge on any atom is -0.352 e. The molecule has 1 aromatic rings. The van der Waals surface area contributed by atoms with Gasteiger partial charge in [0.2, 0.25) is 0 Å². The van der Waals surface area contributed by atoms with Gasteiger partial charge in [-0.25, -0.2) is 4.39 Å². The molecular weight excluding hydrogens is 229 g/mol. The molecule has 0 aromatic heterocycles. The number of carbonyl (C=O) groups excluding carboxylic acids is 1. The van der Waals surface area contributed by atoms with Crippen molar-refractivity contribution in [1.29, 1.82) is 0 Å². The number of nitrogens with one attached hydrogen (secondary N) is 1. The Kier molecular flexibility index (Phi) is 5.26. The van der Waals surface area contributed by atoms with Crippen molar-refractivity contribution in [2.24, 2.45) is 0 Å². The largest absolute Gasteiger partial charge is 0.352 e. The van der Waals surface area contributed by atoms with Gasteiger partial charge >= 0.3 is 0 Å². The molecule has 0 heterocycles. The van der Waals surface area contributed by atoms with Gasteiger partial charge in [-0.3, -0.25) is 4.79 Å². The van der Waals surface area contributed by atoms with Gasteiger partial charge in [0.15, 0.2) is 0 Å². The molecule has 2 nitrogen and oxygen atoms in total. The van der Waals surface area contributed by atoms with Crippen molar-refractivity contribution in [3.63, 3.8) is 0 Å². The maximum absolute atomic E-state index is 13.0. The molecule has 0 aliphatic rings. The first-order chi connectivity index (χ1) is 7.65. The van der Waals surface area contributed by atoms with E-state index >= 15 is 0 Å². The van der Waals surface area contributed by atoms with Gasteiger partial charge < -0.3 is 5.32 Å². The maximum Gasteiger partial charge on any atom is 0.251 e. The van der Waals surface area contributed by atoms with Crippen LogP contribution in [0.25, 0.3) is 0 Å². The van der Waals surface area contributed by atoms with Crippen LogP contribution in [0.2, 0.25) is 0 Å². The molecule has 0 radical (unpaired) electrons. The first-order valence-electron chi connectivity index (χ1n) is 5.25. The zero-order chi connectivity index (χ0) is 12.0. The van der Waals surface area contributed by atoms with E-state index in [2.05, 4.69) is 5.32 Å². The van der Waals surface area contributed by atoms with Gasteiger partial charge in [-0.1, -0.05) is 0 Å². The number of benzene rings is 1. The van der Waals surface area contributed by atoms with E-state index in [-0.39, 0.29) is 11.7 Å². The van der Waals surface area contributed by atoms with Crippen molar-refractivity contribution in [3.8, 4) is 0 Å². The summed E-state index contributed by atoms with van der Waals surface area (Å²) in [6, 6.07) is 4.34. The highest BCUT2D eigenvalue weighted by atomic mass is 35.5. The molecule has 0 saturated heterocycles. The van der Waals surface area contributed by atoms with Crippen molar-refractivity contribution in [1.82, 2.24) is 5.32 Å². The van der Waals surface area contributed by atoms with Crippen LogP contribution in [0.1, 0.15) is 28.8 Å². The van der Waals surface area contributed by atoms with Crippen molar-refractivity contribution < 1.29 is 9.18 Å². The van der Waals surface area contributed by atoms with Crippen LogP contribution in [0.15, 0.2) is 18.2 Å². The monoisotopic (exact) mass is 243 g/mol.